The van der Waals surface area contributed by atoms with Crippen LogP contribution in [0.5, 0.6) is 0 Å². The van der Waals surface area contributed by atoms with E-state index < -0.39 is 20.0 Å². The van der Waals surface area contributed by atoms with Crippen molar-refractivity contribution < 1.29 is 37.3 Å². The molecular weight excluding hydrogens is 940 g/mol. The molecule has 1 amide bonds. The first kappa shape index (κ1) is 72.2. The molecular formula is C64H123N2O7P. The predicted molar refractivity (Wildman–Crippen MR) is 316 cm³/mol. The van der Waals surface area contributed by atoms with E-state index in [1.165, 1.54) is 205 Å². The van der Waals surface area contributed by atoms with Crippen LogP contribution in [0.3, 0.4) is 0 Å². The van der Waals surface area contributed by atoms with Crippen molar-refractivity contribution in [2.24, 2.45) is 0 Å². The molecule has 10 heteroatoms. The quantitative estimate of drug-likeness (QED) is 0.0212. The minimum Gasteiger partial charge on any atom is -0.756 e. The van der Waals surface area contributed by atoms with E-state index in [1.807, 2.05) is 33.3 Å². The normalized spacial score (nSPS) is 13.9. The molecule has 0 aliphatic rings. The van der Waals surface area contributed by atoms with Crippen molar-refractivity contribution in [2.75, 3.05) is 40.9 Å². The maximum atomic E-state index is 13.5. The summed E-state index contributed by atoms with van der Waals surface area (Å²) >= 11 is 0. The molecule has 0 heterocycles. The second-order valence-corrected chi connectivity index (χ2v) is 24.3. The summed E-state index contributed by atoms with van der Waals surface area (Å²) < 4.78 is 30.3. The number of hydrogen-bond donors (Lipinski definition) is 1. The third-order valence-corrected chi connectivity index (χ3v) is 15.3. The first-order valence-electron chi connectivity index (χ1n) is 31.8. The molecule has 0 bridgehead atoms. The van der Waals surface area contributed by atoms with Crippen LogP contribution in [0.1, 0.15) is 310 Å². The third-order valence-electron chi connectivity index (χ3n) is 14.3. The van der Waals surface area contributed by atoms with E-state index in [1.54, 1.807) is 0 Å². The van der Waals surface area contributed by atoms with Crippen molar-refractivity contribution in [3.05, 3.63) is 36.5 Å². The van der Waals surface area contributed by atoms with Crippen LogP contribution in [-0.4, -0.2) is 69.4 Å². The van der Waals surface area contributed by atoms with Gasteiger partial charge in [-0.3, -0.25) is 14.2 Å². The highest BCUT2D eigenvalue weighted by Gasteiger charge is 2.27. The molecule has 0 rings (SSSR count). The Morgan fingerprint density at radius 3 is 1.16 bits per heavy atom. The highest BCUT2D eigenvalue weighted by molar-refractivity contribution is 7.45. The fraction of sp³-hybridized carbons (Fsp3) is 0.875. The Kier molecular flexibility index (Phi) is 53.3. The summed E-state index contributed by atoms with van der Waals surface area (Å²) in [5.74, 6) is -0.548. The van der Waals surface area contributed by atoms with E-state index in [-0.39, 0.29) is 31.5 Å². The van der Waals surface area contributed by atoms with Gasteiger partial charge < -0.3 is 28.5 Å². The highest BCUT2D eigenvalue weighted by Crippen LogP contribution is 2.38. The molecule has 3 unspecified atom stereocenters. The van der Waals surface area contributed by atoms with Crippen molar-refractivity contribution in [1.29, 1.82) is 0 Å². The average molecular weight is 1060 g/mol. The summed E-state index contributed by atoms with van der Waals surface area (Å²) in [5.41, 5.74) is 0. The molecule has 0 fully saturated rings. The van der Waals surface area contributed by atoms with Crippen LogP contribution in [-0.2, 0) is 27.9 Å². The van der Waals surface area contributed by atoms with Gasteiger partial charge in [0.1, 0.15) is 19.3 Å². The molecule has 74 heavy (non-hydrogen) atoms. The number of hydrogen-bond acceptors (Lipinski definition) is 7. The Morgan fingerprint density at radius 1 is 0.459 bits per heavy atom. The van der Waals surface area contributed by atoms with Crippen LogP contribution in [0.2, 0.25) is 0 Å². The van der Waals surface area contributed by atoms with Crippen molar-refractivity contribution in [2.45, 2.75) is 322 Å². The minimum absolute atomic E-state index is 0.0228. The van der Waals surface area contributed by atoms with Gasteiger partial charge in [-0.25, -0.2) is 0 Å². The van der Waals surface area contributed by atoms with E-state index in [9.17, 15) is 19.0 Å². The van der Waals surface area contributed by atoms with Gasteiger partial charge in [0.2, 0.25) is 5.91 Å². The Balaban J connectivity index is 5.22. The van der Waals surface area contributed by atoms with Crippen LogP contribution >= 0.6 is 7.82 Å². The molecule has 9 nitrogen and oxygen atoms in total. The summed E-state index contributed by atoms with van der Waals surface area (Å²) in [7, 11) is 1.19. The fourth-order valence-electron chi connectivity index (χ4n) is 9.34. The number of ether oxygens (including phenoxy) is 1. The Bertz CT molecular complexity index is 1360. The topological polar surface area (TPSA) is 114 Å². The van der Waals surface area contributed by atoms with Crippen molar-refractivity contribution >= 4 is 19.7 Å². The summed E-state index contributed by atoms with van der Waals surface area (Å²) in [6, 6.07) is -0.892. The molecule has 0 spiro atoms. The van der Waals surface area contributed by atoms with Gasteiger partial charge in [0.05, 0.1) is 33.8 Å². The van der Waals surface area contributed by atoms with E-state index in [0.717, 1.165) is 64.2 Å². The molecule has 436 valence electrons. The number of allylic oxidation sites excluding steroid dienone is 5. The second-order valence-electron chi connectivity index (χ2n) is 22.9. The average Bonchev–Trinajstić information content (AvgIpc) is 3.36. The van der Waals surface area contributed by atoms with Gasteiger partial charge in [0.25, 0.3) is 7.82 Å². The number of unbranched alkanes of at least 4 members (excludes halogenated alkanes) is 38. The molecule has 0 aliphatic carbocycles. The summed E-state index contributed by atoms with van der Waals surface area (Å²) in [4.78, 5) is 40.0. The Morgan fingerprint density at radius 2 is 0.784 bits per heavy atom. The van der Waals surface area contributed by atoms with Crippen LogP contribution in [0.25, 0.3) is 0 Å². The molecule has 0 aliphatic heterocycles. The lowest BCUT2D eigenvalue weighted by Gasteiger charge is -2.30. The molecule has 0 saturated carbocycles. The SMILES string of the molecule is CCCCCCCC/C=C/CCCCCCCCCCCCCC(=O)NC(COP(=O)([O-])OCC[N+](C)(C)C)C(/C=C\CCCCCCCCCCCCC)OC(=O)CCCCC/C=C\CCCCCCCCC. The number of phosphoric ester groups is 1. The van der Waals surface area contributed by atoms with Crippen molar-refractivity contribution in [3.8, 4) is 0 Å². The van der Waals surface area contributed by atoms with Crippen LogP contribution in [0.4, 0.5) is 0 Å². The number of amides is 1. The molecule has 0 radical (unpaired) electrons. The molecule has 1 N–H and O–H groups in total. The largest absolute Gasteiger partial charge is 0.756 e. The van der Waals surface area contributed by atoms with Gasteiger partial charge in [0.15, 0.2) is 0 Å². The van der Waals surface area contributed by atoms with E-state index >= 15 is 0 Å². The zero-order valence-corrected chi connectivity index (χ0v) is 50.7. The number of phosphoric acid groups is 1. The van der Waals surface area contributed by atoms with Gasteiger partial charge in [-0.2, -0.15) is 0 Å². The summed E-state index contributed by atoms with van der Waals surface area (Å²) in [6.07, 6.45) is 65.4. The van der Waals surface area contributed by atoms with Gasteiger partial charge in [-0.05, 0) is 83.1 Å². The summed E-state index contributed by atoms with van der Waals surface area (Å²) in [6.45, 7) is 6.86. The molecule has 0 aromatic heterocycles. The maximum absolute atomic E-state index is 13.5. The fourth-order valence-corrected chi connectivity index (χ4v) is 10.1. The van der Waals surface area contributed by atoms with Gasteiger partial charge in [-0.15, -0.1) is 0 Å². The number of nitrogens with zero attached hydrogens (tertiary/aromatic N) is 1. The van der Waals surface area contributed by atoms with Gasteiger partial charge >= 0.3 is 5.97 Å². The maximum Gasteiger partial charge on any atom is 0.306 e. The predicted octanol–water partition coefficient (Wildman–Crippen LogP) is 18.9. The molecule has 3 atom stereocenters. The number of carbonyl (C=O) groups excluding carboxylic acids is 2. The number of likely N-dealkylation sites (N-methyl/N-ethyl adjacent to an activating group) is 1. The zero-order valence-electron chi connectivity index (χ0n) is 49.8. The first-order chi connectivity index (χ1) is 35.9. The first-order valence-corrected chi connectivity index (χ1v) is 33.3. The second kappa shape index (κ2) is 54.6. The number of rotatable bonds is 58. The lowest BCUT2D eigenvalue weighted by molar-refractivity contribution is -0.870. The van der Waals surface area contributed by atoms with Gasteiger partial charge in [0, 0.05) is 12.8 Å². The summed E-state index contributed by atoms with van der Waals surface area (Å²) in [5, 5.41) is 3.03. The number of carbonyl (C=O) groups is 2. The highest BCUT2D eigenvalue weighted by atomic mass is 31.2. The number of quaternary nitrogens is 1. The van der Waals surface area contributed by atoms with Gasteiger partial charge in [-0.1, -0.05) is 250 Å². The number of esters is 1. The molecule has 0 saturated heterocycles. The zero-order chi connectivity index (χ0) is 54.3. The van der Waals surface area contributed by atoms with Crippen LogP contribution in [0, 0.1) is 0 Å². The van der Waals surface area contributed by atoms with E-state index in [0.29, 0.717) is 23.9 Å². The lowest BCUT2D eigenvalue weighted by Crippen LogP contribution is -2.47. The van der Waals surface area contributed by atoms with E-state index in [2.05, 4.69) is 50.4 Å². The third kappa shape index (κ3) is 55.0. The van der Waals surface area contributed by atoms with Crippen molar-refractivity contribution in [3.63, 3.8) is 0 Å². The van der Waals surface area contributed by atoms with Crippen LogP contribution in [0.15, 0.2) is 36.5 Å². The monoisotopic (exact) mass is 1060 g/mol. The van der Waals surface area contributed by atoms with Crippen LogP contribution < -0.4 is 10.2 Å². The van der Waals surface area contributed by atoms with E-state index in [4.69, 9.17) is 13.8 Å². The van der Waals surface area contributed by atoms with Crippen molar-refractivity contribution in [1.82, 2.24) is 5.32 Å². The Labute approximate surface area is 459 Å². The standard InChI is InChI=1S/C64H123N2O7P/c1-7-10-13-16-19-22-25-28-30-31-32-33-34-35-36-38-41-44-47-50-53-56-63(67)65-61(60-72-74(69,70)71-59-58-66(4,5)6)62(55-52-49-46-43-40-37-27-24-21-18-15-12-9-3)73-64(68)57-54-51-48-45-42-39-29-26-23-20-17-14-11-8-2/h28,30,39,42,52,55,61-62H,7-27,29,31-38,40-41,43-51,53-54,56-60H2,1-6H3,(H-,65,67,69,70)/b30-28+,42-39-,55-52-. The minimum atomic E-state index is -4.70. The lowest BCUT2D eigenvalue weighted by atomic mass is 10.0. The molecule has 0 aromatic rings. The smallest absolute Gasteiger partial charge is 0.306 e. The Hall–Kier alpha value is -1.77. The number of nitrogens with one attached hydrogen (secondary N) is 1. The molecule has 0 aromatic carbocycles.